The Morgan fingerprint density at radius 1 is 0.636 bits per heavy atom. The predicted molar refractivity (Wildman–Crippen MR) is 200 cm³/mol. The van der Waals surface area contributed by atoms with E-state index in [2.05, 4.69) is 32.5 Å². The van der Waals surface area contributed by atoms with E-state index in [1.54, 1.807) is 6.08 Å². The highest BCUT2D eigenvalue weighted by atomic mass is 79.9. The second kappa shape index (κ2) is 31.8. The second-order valence-corrected chi connectivity index (χ2v) is 13.3. The Hall–Kier alpha value is -1.13. The lowest BCUT2D eigenvalue weighted by molar-refractivity contribution is 0.0497. The Balaban J connectivity index is 0.0000185. The second-order valence-electron chi connectivity index (χ2n) is 13.3. The molecular weight excluding hydrogens is 606 g/mol. The molecular formula is C40H72BrNO2. The fourth-order valence-electron chi connectivity index (χ4n) is 6.13. The van der Waals surface area contributed by atoms with Crippen molar-refractivity contribution in [3.63, 3.8) is 0 Å². The third-order valence-electron chi connectivity index (χ3n) is 9.17. The number of nitrogens with zero attached hydrogens (tertiary/aromatic N) is 1. The molecule has 0 heterocycles. The molecule has 0 saturated carbocycles. The van der Waals surface area contributed by atoms with Crippen molar-refractivity contribution in [1.29, 1.82) is 0 Å². The number of unbranched alkanes of at least 4 members (excludes halogenated alkanes) is 22. The molecule has 0 saturated heterocycles. The Labute approximate surface area is 285 Å². The number of ether oxygens (including phenoxy) is 1. The van der Waals surface area contributed by atoms with E-state index in [1.807, 2.05) is 24.3 Å². The summed E-state index contributed by atoms with van der Waals surface area (Å²) < 4.78 is 5.42. The van der Waals surface area contributed by atoms with Crippen LogP contribution in [0.2, 0.25) is 0 Å². The molecule has 0 radical (unpaired) electrons. The number of carbonyl (C=O) groups is 1. The lowest BCUT2D eigenvalue weighted by atomic mass is 9.99. The normalized spacial score (nSPS) is 11.8. The smallest absolute Gasteiger partial charge is 0.338 e. The number of hydrogen-bond acceptors (Lipinski definition) is 3. The number of carbonyl (C=O) groups excluding carboxylic acids is 1. The minimum absolute atomic E-state index is 0. The molecule has 4 heteroatoms. The van der Waals surface area contributed by atoms with Crippen LogP contribution in [0.3, 0.4) is 0 Å². The molecule has 1 unspecified atom stereocenters. The number of halogens is 1. The Morgan fingerprint density at radius 2 is 1.00 bits per heavy atom. The lowest BCUT2D eigenvalue weighted by Crippen LogP contribution is -2.27. The maximum Gasteiger partial charge on any atom is 0.338 e. The van der Waals surface area contributed by atoms with Crippen LogP contribution in [-0.4, -0.2) is 37.6 Å². The quantitative estimate of drug-likeness (QED) is 0.0578. The van der Waals surface area contributed by atoms with Gasteiger partial charge in [-0.15, -0.1) is 17.0 Å². The van der Waals surface area contributed by atoms with Crippen LogP contribution in [0.5, 0.6) is 0 Å². The SMILES string of the molecule is Br.C=Cc1ccc(C(=O)OCCCCCCCCCCCC(CCCCCCCCCCCCCCCCC)N(C)C)cc1. The molecule has 256 valence electrons. The third-order valence-corrected chi connectivity index (χ3v) is 9.17. The number of benzene rings is 1. The fourth-order valence-corrected chi connectivity index (χ4v) is 6.13. The van der Waals surface area contributed by atoms with Crippen molar-refractivity contribution in [1.82, 2.24) is 4.90 Å². The highest BCUT2D eigenvalue weighted by Gasteiger charge is 2.10. The first-order valence-corrected chi connectivity index (χ1v) is 18.6. The summed E-state index contributed by atoms with van der Waals surface area (Å²) in [6.45, 7) is 6.56. The highest BCUT2D eigenvalue weighted by molar-refractivity contribution is 8.93. The number of rotatable bonds is 31. The summed E-state index contributed by atoms with van der Waals surface area (Å²) in [5, 5.41) is 0. The largest absolute Gasteiger partial charge is 0.462 e. The molecule has 3 nitrogen and oxygen atoms in total. The van der Waals surface area contributed by atoms with Crippen molar-refractivity contribution >= 4 is 29.0 Å². The van der Waals surface area contributed by atoms with Gasteiger partial charge in [-0.1, -0.05) is 179 Å². The number of hydrogen-bond donors (Lipinski definition) is 0. The molecule has 0 aliphatic rings. The molecule has 1 atom stereocenters. The van der Waals surface area contributed by atoms with Gasteiger partial charge in [0.05, 0.1) is 12.2 Å². The fraction of sp³-hybridized carbons (Fsp3) is 0.775. The summed E-state index contributed by atoms with van der Waals surface area (Å²) in [6, 6.07) is 8.17. The van der Waals surface area contributed by atoms with Gasteiger partial charge in [0, 0.05) is 6.04 Å². The van der Waals surface area contributed by atoms with Crippen molar-refractivity contribution in [3.8, 4) is 0 Å². The third kappa shape index (κ3) is 25.1. The molecule has 0 fully saturated rings. The zero-order chi connectivity index (χ0) is 31.2. The monoisotopic (exact) mass is 677 g/mol. The van der Waals surface area contributed by atoms with Crippen molar-refractivity contribution in [2.75, 3.05) is 20.7 Å². The van der Waals surface area contributed by atoms with Crippen LogP contribution in [-0.2, 0) is 4.74 Å². The lowest BCUT2D eigenvalue weighted by Gasteiger charge is -2.24. The minimum atomic E-state index is -0.220. The first-order valence-electron chi connectivity index (χ1n) is 18.6. The van der Waals surface area contributed by atoms with E-state index in [0.717, 1.165) is 24.4 Å². The van der Waals surface area contributed by atoms with Crippen molar-refractivity contribution in [3.05, 3.63) is 42.0 Å². The van der Waals surface area contributed by atoms with Gasteiger partial charge in [-0.2, -0.15) is 0 Å². The highest BCUT2D eigenvalue weighted by Crippen LogP contribution is 2.18. The number of esters is 1. The summed E-state index contributed by atoms with van der Waals surface area (Å²) in [7, 11) is 4.55. The van der Waals surface area contributed by atoms with Gasteiger partial charge >= 0.3 is 5.97 Å². The zero-order valence-electron chi connectivity index (χ0n) is 29.4. The summed E-state index contributed by atoms with van der Waals surface area (Å²) in [5.74, 6) is -0.220. The van der Waals surface area contributed by atoms with Crippen LogP contribution in [0.25, 0.3) is 6.08 Å². The molecule has 0 bridgehead atoms. The van der Waals surface area contributed by atoms with Crippen molar-refractivity contribution in [2.45, 2.75) is 180 Å². The molecule has 0 N–H and O–H groups in total. The first kappa shape index (κ1) is 42.9. The minimum Gasteiger partial charge on any atom is -0.462 e. The van der Waals surface area contributed by atoms with E-state index in [9.17, 15) is 4.79 Å². The van der Waals surface area contributed by atoms with Gasteiger partial charge < -0.3 is 9.64 Å². The van der Waals surface area contributed by atoms with Gasteiger partial charge in [-0.3, -0.25) is 0 Å². The topological polar surface area (TPSA) is 29.5 Å². The van der Waals surface area contributed by atoms with E-state index in [-0.39, 0.29) is 23.0 Å². The summed E-state index contributed by atoms with van der Waals surface area (Å²) in [4.78, 5) is 14.6. The van der Waals surface area contributed by atoms with Gasteiger partial charge in [0.1, 0.15) is 0 Å². The average molecular weight is 679 g/mol. The van der Waals surface area contributed by atoms with E-state index in [1.165, 1.54) is 154 Å². The van der Waals surface area contributed by atoms with Crippen LogP contribution in [0.4, 0.5) is 0 Å². The maximum absolute atomic E-state index is 12.1. The van der Waals surface area contributed by atoms with Crippen molar-refractivity contribution in [2.24, 2.45) is 0 Å². The van der Waals surface area contributed by atoms with Crippen LogP contribution >= 0.6 is 17.0 Å². The first-order chi connectivity index (χ1) is 21.1. The summed E-state index contributed by atoms with van der Waals surface area (Å²) in [6.07, 6.45) is 37.7. The van der Waals surface area contributed by atoms with Gasteiger partial charge in [-0.05, 0) is 51.1 Å². The summed E-state index contributed by atoms with van der Waals surface area (Å²) >= 11 is 0. The van der Waals surface area contributed by atoms with E-state index < -0.39 is 0 Å². The van der Waals surface area contributed by atoms with E-state index in [4.69, 9.17) is 4.74 Å². The Morgan fingerprint density at radius 3 is 1.36 bits per heavy atom. The maximum atomic E-state index is 12.1. The average Bonchev–Trinajstić information content (AvgIpc) is 3.02. The van der Waals surface area contributed by atoms with Gasteiger partial charge in [0.15, 0.2) is 0 Å². The molecule has 0 aliphatic heterocycles. The molecule has 0 spiro atoms. The van der Waals surface area contributed by atoms with Gasteiger partial charge in [-0.25, -0.2) is 4.79 Å². The predicted octanol–water partition coefficient (Wildman–Crippen LogP) is 13.2. The zero-order valence-corrected chi connectivity index (χ0v) is 31.1. The Kier molecular flexibility index (Phi) is 31.0. The molecule has 0 aliphatic carbocycles. The molecule has 0 aromatic heterocycles. The van der Waals surface area contributed by atoms with E-state index in [0.29, 0.717) is 12.2 Å². The van der Waals surface area contributed by atoms with Crippen LogP contribution < -0.4 is 0 Å². The van der Waals surface area contributed by atoms with Gasteiger partial charge in [0.25, 0.3) is 0 Å². The molecule has 1 aromatic carbocycles. The van der Waals surface area contributed by atoms with E-state index >= 15 is 0 Å². The molecule has 1 aromatic rings. The molecule has 44 heavy (non-hydrogen) atoms. The van der Waals surface area contributed by atoms with Crippen LogP contribution in [0, 0.1) is 0 Å². The standard InChI is InChI=1S/C40H71NO2.BrH/c1-5-7-8-9-10-11-12-13-14-15-16-18-21-24-27-30-39(41(3)4)31-28-25-22-19-17-20-23-26-29-36-43-40(42)38-34-32-37(6-2)33-35-38;/h6,32-35,39H,2,5,7-31,36H2,1,3-4H3;1H. The summed E-state index contributed by atoms with van der Waals surface area (Å²) in [5.41, 5.74) is 1.63. The molecule has 1 rings (SSSR count). The van der Waals surface area contributed by atoms with Crippen LogP contribution in [0.15, 0.2) is 30.8 Å². The Bertz CT molecular complexity index is 763. The molecule has 0 amide bonds. The van der Waals surface area contributed by atoms with Gasteiger partial charge in [0.2, 0.25) is 0 Å². The van der Waals surface area contributed by atoms with Crippen LogP contribution in [0.1, 0.15) is 190 Å². The van der Waals surface area contributed by atoms with Crippen molar-refractivity contribution < 1.29 is 9.53 Å².